The van der Waals surface area contributed by atoms with Gasteiger partial charge in [0.05, 0.1) is 28.5 Å². The Hall–Kier alpha value is -0.960. The summed E-state index contributed by atoms with van der Waals surface area (Å²) in [6, 6.07) is 6.79. The minimum absolute atomic E-state index is 0.0778. The molecule has 0 spiro atoms. The molecular formula is C11H15NO5S2. The van der Waals surface area contributed by atoms with Gasteiger partial charge in [-0.25, -0.2) is 16.8 Å². The first-order valence-corrected chi connectivity index (χ1v) is 8.92. The molecule has 1 aliphatic rings. The van der Waals surface area contributed by atoms with E-state index in [0.29, 0.717) is 0 Å². The molecule has 1 aliphatic heterocycles. The van der Waals surface area contributed by atoms with Gasteiger partial charge in [0.2, 0.25) is 10.0 Å². The van der Waals surface area contributed by atoms with Crippen LogP contribution in [0.15, 0.2) is 35.2 Å². The lowest BCUT2D eigenvalue weighted by Gasteiger charge is -2.25. The first-order chi connectivity index (χ1) is 8.74. The van der Waals surface area contributed by atoms with E-state index in [1.807, 2.05) is 0 Å². The van der Waals surface area contributed by atoms with E-state index in [1.165, 1.54) is 19.2 Å². The number of aliphatic hydroxyl groups excluding tert-OH is 1. The summed E-state index contributed by atoms with van der Waals surface area (Å²) in [5.41, 5.74) is 0. The molecule has 0 bridgehead atoms. The number of benzene rings is 1. The van der Waals surface area contributed by atoms with Crippen LogP contribution in [-0.2, 0) is 19.9 Å². The third-order valence-corrected chi connectivity index (χ3v) is 6.78. The van der Waals surface area contributed by atoms with E-state index in [-0.39, 0.29) is 10.6 Å². The van der Waals surface area contributed by atoms with Gasteiger partial charge in [0.1, 0.15) is 0 Å². The summed E-state index contributed by atoms with van der Waals surface area (Å²) >= 11 is 0. The van der Waals surface area contributed by atoms with E-state index in [9.17, 15) is 21.9 Å². The molecule has 1 aromatic carbocycles. The zero-order chi connectivity index (χ0) is 14.3. The van der Waals surface area contributed by atoms with Crippen LogP contribution in [0.1, 0.15) is 0 Å². The Kier molecular flexibility index (Phi) is 3.69. The molecule has 8 heteroatoms. The minimum atomic E-state index is -3.80. The van der Waals surface area contributed by atoms with Crippen LogP contribution in [0.4, 0.5) is 0 Å². The normalized spacial score (nSPS) is 26.7. The van der Waals surface area contributed by atoms with Gasteiger partial charge in [-0.1, -0.05) is 18.2 Å². The summed E-state index contributed by atoms with van der Waals surface area (Å²) in [6.45, 7) is 0. The highest BCUT2D eigenvalue weighted by molar-refractivity contribution is 7.92. The Morgan fingerprint density at radius 3 is 2.26 bits per heavy atom. The number of aliphatic hydroxyl groups is 1. The van der Waals surface area contributed by atoms with Crippen LogP contribution in [0.5, 0.6) is 0 Å². The topological polar surface area (TPSA) is 91.8 Å². The predicted octanol–water partition coefficient (Wildman–Crippen LogP) is -0.535. The highest BCUT2D eigenvalue weighted by Crippen LogP contribution is 2.23. The Balaban J connectivity index is 2.33. The monoisotopic (exact) mass is 305 g/mol. The van der Waals surface area contributed by atoms with Crippen LogP contribution in [0.25, 0.3) is 0 Å². The van der Waals surface area contributed by atoms with Crippen molar-refractivity contribution in [1.82, 2.24) is 4.31 Å². The number of hydrogen-bond donors (Lipinski definition) is 1. The molecule has 0 aromatic heterocycles. The maximum Gasteiger partial charge on any atom is 0.243 e. The molecule has 1 saturated heterocycles. The lowest BCUT2D eigenvalue weighted by atomic mass is 10.2. The SMILES string of the molecule is CN([C@@H]1CS(=O)(=O)C[C@H]1O)S(=O)(=O)c1ccccc1. The highest BCUT2D eigenvalue weighted by atomic mass is 32.2. The molecule has 1 N–H and O–H groups in total. The van der Waals surface area contributed by atoms with Crippen molar-refractivity contribution < 1.29 is 21.9 Å². The van der Waals surface area contributed by atoms with E-state index < -0.39 is 37.8 Å². The van der Waals surface area contributed by atoms with Gasteiger partial charge in [-0.05, 0) is 12.1 Å². The summed E-state index contributed by atoms with van der Waals surface area (Å²) in [4.78, 5) is 0.0778. The second-order valence-electron chi connectivity index (χ2n) is 4.55. The lowest BCUT2D eigenvalue weighted by Crippen LogP contribution is -2.44. The molecule has 2 rings (SSSR count). The first kappa shape index (κ1) is 14.4. The predicted molar refractivity (Wildman–Crippen MR) is 69.8 cm³/mol. The van der Waals surface area contributed by atoms with Gasteiger partial charge in [-0.2, -0.15) is 4.31 Å². The fourth-order valence-electron chi connectivity index (χ4n) is 2.09. The number of likely N-dealkylation sites (N-methyl/N-ethyl adjacent to an activating group) is 1. The molecule has 1 aromatic rings. The maximum atomic E-state index is 12.3. The maximum absolute atomic E-state index is 12.3. The van der Waals surface area contributed by atoms with Crippen molar-refractivity contribution >= 4 is 19.9 Å². The quantitative estimate of drug-likeness (QED) is 0.810. The van der Waals surface area contributed by atoms with Crippen molar-refractivity contribution in [2.75, 3.05) is 18.6 Å². The highest BCUT2D eigenvalue weighted by Gasteiger charge is 2.42. The van der Waals surface area contributed by atoms with Crippen LogP contribution >= 0.6 is 0 Å². The van der Waals surface area contributed by atoms with Gasteiger partial charge in [0.25, 0.3) is 0 Å². The molecule has 0 unspecified atom stereocenters. The van der Waals surface area contributed by atoms with Crippen LogP contribution < -0.4 is 0 Å². The summed E-state index contributed by atoms with van der Waals surface area (Å²) < 4.78 is 48.4. The summed E-state index contributed by atoms with van der Waals surface area (Å²) in [5, 5.41) is 9.72. The van der Waals surface area contributed by atoms with Crippen molar-refractivity contribution in [2.45, 2.75) is 17.0 Å². The Bertz CT molecular complexity index is 654. The molecule has 6 nitrogen and oxygen atoms in total. The van der Waals surface area contributed by atoms with Gasteiger partial charge in [0, 0.05) is 7.05 Å². The zero-order valence-corrected chi connectivity index (χ0v) is 11.9. The van der Waals surface area contributed by atoms with E-state index >= 15 is 0 Å². The van der Waals surface area contributed by atoms with Crippen molar-refractivity contribution in [1.29, 1.82) is 0 Å². The van der Waals surface area contributed by atoms with Gasteiger partial charge in [-0.15, -0.1) is 0 Å². The summed E-state index contributed by atoms with van der Waals surface area (Å²) in [6.07, 6.45) is -1.19. The molecule has 19 heavy (non-hydrogen) atoms. The van der Waals surface area contributed by atoms with E-state index in [4.69, 9.17) is 0 Å². The third-order valence-electron chi connectivity index (χ3n) is 3.18. The van der Waals surface area contributed by atoms with E-state index in [1.54, 1.807) is 18.2 Å². The van der Waals surface area contributed by atoms with Crippen molar-refractivity contribution in [3.8, 4) is 0 Å². The largest absolute Gasteiger partial charge is 0.390 e. The van der Waals surface area contributed by atoms with Crippen LogP contribution in [0, 0.1) is 0 Å². The Morgan fingerprint density at radius 2 is 1.79 bits per heavy atom. The number of sulfone groups is 1. The lowest BCUT2D eigenvalue weighted by molar-refractivity contribution is 0.137. The average molecular weight is 305 g/mol. The second kappa shape index (κ2) is 4.86. The number of sulfonamides is 1. The molecule has 1 heterocycles. The third kappa shape index (κ3) is 2.81. The van der Waals surface area contributed by atoms with Crippen LogP contribution in [0.3, 0.4) is 0 Å². The molecule has 0 saturated carbocycles. The van der Waals surface area contributed by atoms with Crippen LogP contribution in [-0.4, -0.2) is 56.9 Å². The van der Waals surface area contributed by atoms with Crippen molar-refractivity contribution in [3.63, 3.8) is 0 Å². The Labute approximate surface area is 112 Å². The van der Waals surface area contributed by atoms with Crippen molar-refractivity contribution in [3.05, 3.63) is 30.3 Å². The average Bonchev–Trinajstić information content (AvgIpc) is 2.63. The number of nitrogens with zero attached hydrogens (tertiary/aromatic N) is 1. The Morgan fingerprint density at radius 1 is 1.21 bits per heavy atom. The summed E-state index contributed by atoms with van der Waals surface area (Å²) in [7, 11) is -5.90. The zero-order valence-electron chi connectivity index (χ0n) is 10.3. The number of hydrogen-bond acceptors (Lipinski definition) is 5. The van der Waals surface area contributed by atoms with Gasteiger partial charge in [-0.3, -0.25) is 0 Å². The molecule has 106 valence electrons. The molecule has 0 amide bonds. The summed E-state index contributed by atoms with van der Waals surface area (Å²) in [5.74, 6) is -0.747. The standard InChI is InChI=1S/C11H15NO5S2/c1-12(10-7-18(14,15)8-11(10)13)19(16,17)9-5-3-2-4-6-9/h2-6,10-11,13H,7-8H2,1H3/t10-,11-/m1/s1. The van der Waals surface area contributed by atoms with E-state index in [0.717, 1.165) is 4.31 Å². The molecule has 0 aliphatic carbocycles. The minimum Gasteiger partial charge on any atom is -0.390 e. The van der Waals surface area contributed by atoms with Gasteiger partial charge >= 0.3 is 0 Å². The first-order valence-electron chi connectivity index (χ1n) is 5.65. The smallest absolute Gasteiger partial charge is 0.243 e. The van der Waals surface area contributed by atoms with Gasteiger partial charge in [0.15, 0.2) is 9.84 Å². The fourth-order valence-corrected chi connectivity index (χ4v) is 5.44. The fraction of sp³-hybridized carbons (Fsp3) is 0.455. The second-order valence-corrected chi connectivity index (χ2v) is 8.70. The molecule has 2 atom stereocenters. The van der Waals surface area contributed by atoms with Crippen molar-refractivity contribution in [2.24, 2.45) is 0 Å². The molecule has 1 fully saturated rings. The van der Waals surface area contributed by atoms with Crippen LogP contribution in [0.2, 0.25) is 0 Å². The molecule has 0 radical (unpaired) electrons. The van der Waals surface area contributed by atoms with Gasteiger partial charge < -0.3 is 5.11 Å². The van der Waals surface area contributed by atoms with E-state index in [2.05, 4.69) is 0 Å². The number of rotatable bonds is 3. The molecular weight excluding hydrogens is 290 g/mol.